The number of amides is 2. The van der Waals surface area contributed by atoms with E-state index < -0.39 is 0 Å². The van der Waals surface area contributed by atoms with Crippen LogP contribution in [0.4, 0.5) is 0 Å². The fourth-order valence-corrected chi connectivity index (χ4v) is 3.65. The lowest BCUT2D eigenvalue weighted by molar-refractivity contribution is -0.127. The van der Waals surface area contributed by atoms with Crippen LogP contribution in [0.5, 0.6) is 0 Å². The number of halogens is 1. The summed E-state index contributed by atoms with van der Waals surface area (Å²) in [5.41, 5.74) is 1.73. The van der Waals surface area contributed by atoms with Crippen LogP contribution in [0, 0.1) is 6.92 Å². The molecule has 1 fully saturated rings. The highest BCUT2D eigenvalue weighted by Gasteiger charge is 2.24. The summed E-state index contributed by atoms with van der Waals surface area (Å²) in [5, 5.41) is 4.99. The van der Waals surface area contributed by atoms with Crippen molar-refractivity contribution in [3.05, 3.63) is 56.7 Å². The van der Waals surface area contributed by atoms with E-state index >= 15 is 0 Å². The minimum absolute atomic E-state index is 0.122. The SMILES string of the molecule is CCCCn1nc(C)c(/C=C/C(=O)N2CCN(C(=O)c3ccc(=O)[nH]c3)CC2)c1Cl. The van der Waals surface area contributed by atoms with Crippen molar-refractivity contribution in [3.63, 3.8) is 0 Å². The highest BCUT2D eigenvalue weighted by molar-refractivity contribution is 6.31. The summed E-state index contributed by atoms with van der Waals surface area (Å²) in [6.45, 7) is 6.50. The van der Waals surface area contributed by atoms with Crippen LogP contribution in [0.1, 0.15) is 41.4 Å². The minimum atomic E-state index is -0.250. The van der Waals surface area contributed by atoms with E-state index in [0.29, 0.717) is 36.9 Å². The molecule has 9 heteroatoms. The predicted molar refractivity (Wildman–Crippen MR) is 115 cm³/mol. The van der Waals surface area contributed by atoms with E-state index in [1.54, 1.807) is 20.6 Å². The number of aromatic nitrogens is 3. The number of piperazine rings is 1. The van der Waals surface area contributed by atoms with Gasteiger partial charge >= 0.3 is 0 Å². The second-order valence-corrected chi connectivity index (χ2v) is 7.62. The van der Waals surface area contributed by atoms with Gasteiger partial charge in [-0.3, -0.25) is 19.1 Å². The average Bonchev–Trinajstić information content (AvgIpc) is 3.03. The lowest BCUT2D eigenvalue weighted by Crippen LogP contribution is -2.50. The Labute approximate surface area is 180 Å². The quantitative estimate of drug-likeness (QED) is 0.710. The zero-order valence-corrected chi connectivity index (χ0v) is 18.0. The number of H-pyrrole nitrogens is 1. The smallest absolute Gasteiger partial charge is 0.255 e. The van der Waals surface area contributed by atoms with Crippen LogP contribution in [-0.2, 0) is 11.3 Å². The van der Waals surface area contributed by atoms with Gasteiger partial charge in [0, 0.05) is 56.6 Å². The maximum Gasteiger partial charge on any atom is 0.255 e. The third-order valence-electron chi connectivity index (χ3n) is 5.14. The van der Waals surface area contributed by atoms with Crippen molar-refractivity contribution in [1.82, 2.24) is 24.6 Å². The molecule has 0 radical (unpaired) electrons. The maximum atomic E-state index is 12.6. The Balaban J connectivity index is 1.58. The molecule has 0 saturated carbocycles. The van der Waals surface area contributed by atoms with Crippen LogP contribution >= 0.6 is 11.6 Å². The molecule has 3 heterocycles. The number of carbonyl (C=O) groups is 2. The van der Waals surface area contributed by atoms with E-state index in [9.17, 15) is 14.4 Å². The van der Waals surface area contributed by atoms with Crippen molar-refractivity contribution in [2.75, 3.05) is 26.2 Å². The number of pyridine rings is 1. The van der Waals surface area contributed by atoms with Gasteiger partial charge in [-0.25, -0.2) is 0 Å². The Bertz CT molecular complexity index is 982. The van der Waals surface area contributed by atoms with Gasteiger partial charge < -0.3 is 14.8 Å². The van der Waals surface area contributed by atoms with Gasteiger partial charge in [0.15, 0.2) is 0 Å². The van der Waals surface area contributed by atoms with Gasteiger partial charge in [0.2, 0.25) is 11.5 Å². The molecule has 1 N–H and O–H groups in total. The van der Waals surface area contributed by atoms with Gasteiger partial charge in [0.1, 0.15) is 5.15 Å². The topological polar surface area (TPSA) is 91.3 Å². The highest BCUT2D eigenvalue weighted by atomic mass is 35.5. The first kappa shape index (κ1) is 21.8. The van der Waals surface area contributed by atoms with Crippen LogP contribution in [0.3, 0.4) is 0 Å². The summed E-state index contributed by atoms with van der Waals surface area (Å²) in [4.78, 5) is 42.1. The molecule has 2 amide bonds. The zero-order chi connectivity index (χ0) is 21.7. The minimum Gasteiger partial charge on any atom is -0.336 e. The normalized spacial score (nSPS) is 14.5. The molecule has 0 bridgehead atoms. The molecule has 1 aliphatic heterocycles. The molecule has 2 aromatic rings. The van der Waals surface area contributed by atoms with Gasteiger partial charge in [-0.05, 0) is 25.5 Å². The highest BCUT2D eigenvalue weighted by Crippen LogP contribution is 2.22. The van der Waals surface area contributed by atoms with Gasteiger partial charge in [0.05, 0.1) is 11.3 Å². The number of nitrogens with zero attached hydrogens (tertiary/aromatic N) is 4. The van der Waals surface area contributed by atoms with Gasteiger partial charge in [-0.2, -0.15) is 5.10 Å². The molecule has 0 atom stereocenters. The molecule has 2 aromatic heterocycles. The number of hydrogen-bond donors (Lipinski definition) is 1. The standard InChI is InChI=1S/C21H26ClN5O3/c1-3-4-9-27-20(22)17(15(2)24-27)6-8-19(29)25-10-12-26(13-11-25)21(30)16-5-7-18(28)23-14-16/h5-8,14H,3-4,9-13H2,1-2H3,(H,23,28)/b8-6+. The molecule has 0 unspecified atom stereocenters. The predicted octanol–water partition coefficient (Wildman–Crippen LogP) is 2.33. The lowest BCUT2D eigenvalue weighted by Gasteiger charge is -2.34. The number of hydrogen-bond acceptors (Lipinski definition) is 4. The molecule has 3 rings (SSSR count). The summed E-state index contributed by atoms with van der Waals surface area (Å²) in [7, 11) is 0. The summed E-state index contributed by atoms with van der Waals surface area (Å²) < 4.78 is 1.77. The van der Waals surface area contributed by atoms with E-state index in [1.807, 2.05) is 6.92 Å². The molecular weight excluding hydrogens is 406 g/mol. The van der Waals surface area contributed by atoms with Crippen molar-refractivity contribution >= 4 is 29.5 Å². The number of carbonyl (C=O) groups excluding carboxylic acids is 2. The van der Waals surface area contributed by atoms with Gasteiger partial charge in [-0.1, -0.05) is 24.9 Å². The first-order chi connectivity index (χ1) is 14.4. The Morgan fingerprint density at radius 3 is 2.53 bits per heavy atom. The van der Waals surface area contributed by atoms with Crippen LogP contribution in [-0.4, -0.2) is 62.6 Å². The Kier molecular flexibility index (Phi) is 7.10. The molecule has 1 saturated heterocycles. The monoisotopic (exact) mass is 431 g/mol. The second-order valence-electron chi connectivity index (χ2n) is 7.26. The summed E-state index contributed by atoms with van der Waals surface area (Å²) in [6.07, 6.45) is 6.69. The summed E-state index contributed by atoms with van der Waals surface area (Å²) >= 11 is 6.41. The Morgan fingerprint density at radius 1 is 1.20 bits per heavy atom. The van der Waals surface area contributed by atoms with E-state index in [0.717, 1.165) is 30.6 Å². The zero-order valence-electron chi connectivity index (χ0n) is 17.2. The van der Waals surface area contributed by atoms with Crippen molar-refractivity contribution in [3.8, 4) is 0 Å². The van der Waals surface area contributed by atoms with Crippen LogP contribution < -0.4 is 5.56 Å². The number of unbranched alkanes of at least 4 members (excludes halogenated alkanes) is 1. The molecule has 1 aliphatic rings. The lowest BCUT2D eigenvalue weighted by atomic mass is 10.2. The van der Waals surface area contributed by atoms with Crippen LogP contribution in [0.25, 0.3) is 6.08 Å². The molecular formula is C21H26ClN5O3. The average molecular weight is 432 g/mol. The number of aryl methyl sites for hydroxylation is 2. The fourth-order valence-electron chi connectivity index (χ4n) is 3.33. The van der Waals surface area contributed by atoms with Gasteiger partial charge in [-0.15, -0.1) is 0 Å². The van der Waals surface area contributed by atoms with Crippen molar-refractivity contribution in [1.29, 1.82) is 0 Å². The van der Waals surface area contributed by atoms with E-state index in [4.69, 9.17) is 11.6 Å². The van der Waals surface area contributed by atoms with Crippen LogP contribution in [0.15, 0.2) is 29.2 Å². The number of aromatic amines is 1. The second kappa shape index (κ2) is 9.75. The van der Waals surface area contributed by atoms with Crippen LogP contribution in [0.2, 0.25) is 5.15 Å². The van der Waals surface area contributed by atoms with Crippen molar-refractivity contribution < 1.29 is 9.59 Å². The largest absolute Gasteiger partial charge is 0.336 e. The first-order valence-electron chi connectivity index (χ1n) is 10.1. The van der Waals surface area contributed by atoms with E-state index in [1.165, 1.54) is 24.4 Å². The molecule has 160 valence electrons. The molecule has 0 aromatic carbocycles. The van der Waals surface area contributed by atoms with Crippen molar-refractivity contribution in [2.45, 2.75) is 33.2 Å². The summed E-state index contributed by atoms with van der Waals surface area (Å²) in [5.74, 6) is -0.279. The number of rotatable bonds is 6. The molecule has 30 heavy (non-hydrogen) atoms. The molecule has 0 spiro atoms. The Morgan fingerprint density at radius 2 is 1.90 bits per heavy atom. The van der Waals surface area contributed by atoms with Gasteiger partial charge in [0.25, 0.3) is 5.91 Å². The fraction of sp³-hybridized carbons (Fsp3) is 0.429. The van der Waals surface area contributed by atoms with E-state index in [-0.39, 0.29) is 17.4 Å². The third kappa shape index (κ3) is 4.99. The molecule has 0 aliphatic carbocycles. The first-order valence-corrected chi connectivity index (χ1v) is 10.5. The molecule has 8 nitrogen and oxygen atoms in total. The third-order valence-corrected chi connectivity index (χ3v) is 5.53. The van der Waals surface area contributed by atoms with E-state index in [2.05, 4.69) is 17.0 Å². The van der Waals surface area contributed by atoms with Crippen molar-refractivity contribution in [2.24, 2.45) is 0 Å². The summed E-state index contributed by atoms with van der Waals surface area (Å²) in [6, 6.07) is 2.84. The number of nitrogens with one attached hydrogen (secondary N) is 1. The Hall–Kier alpha value is -2.87. The maximum absolute atomic E-state index is 12.6.